The van der Waals surface area contributed by atoms with Gasteiger partial charge in [-0.1, -0.05) is 41.9 Å². The summed E-state index contributed by atoms with van der Waals surface area (Å²) < 4.78 is 24.5. The Bertz CT molecular complexity index is 735. The van der Waals surface area contributed by atoms with Crippen LogP contribution in [0.5, 0.6) is 0 Å². The Morgan fingerprint density at radius 3 is 2.45 bits per heavy atom. The van der Waals surface area contributed by atoms with Crippen LogP contribution in [0.15, 0.2) is 59.5 Å². The molecular formula is C15H16ClN3O2S. The molecule has 2 N–H and O–H groups in total. The molecule has 22 heavy (non-hydrogen) atoms. The molecule has 0 aliphatic carbocycles. The summed E-state index contributed by atoms with van der Waals surface area (Å²) >= 11 is 5.88. The zero-order valence-corrected chi connectivity index (χ0v) is 13.3. The van der Waals surface area contributed by atoms with E-state index in [4.69, 9.17) is 11.6 Å². The van der Waals surface area contributed by atoms with Crippen molar-refractivity contribution in [1.82, 2.24) is 15.4 Å². The minimum absolute atomic E-state index is 0.0655. The van der Waals surface area contributed by atoms with Crippen LogP contribution in [-0.2, 0) is 10.0 Å². The highest BCUT2D eigenvalue weighted by Crippen LogP contribution is 2.23. The molecule has 0 saturated carbocycles. The molecule has 0 spiro atoms. The maximum absolute atomic E-state index is 12.3. The van der Waals surface area contributed by atoms with Crippen molar-refractivity contribution in [2.75, 3.05) is 6.54 Å². The Morgan fingerprint density at radius 2 is 1.77 bits per heavy atom. The monoisotopic (exact) mass is 337 g/mol. The van der Waals surface area contributed by atoms with E-state index in [1.54, 1.807) is 30.3 Å². The zero-order chi connectivity index (χ0) is 15.6. The molecule has 0 amide bonds. The number of halogens is 1. The maximum Gasteiger partial charge on any atom is 0.254 e. The van der Waals surface area contributed by atoms with E-state index < -0.39 is 10.0 Å². The van der Waals surface area contributed by atoms with Crippen molar-refractivity contribution in [1.29, 1.82) is 0 Å². The van der Waals surface area contributed by atoms with Gasteiger partial charge in [0.25, 0.3) is 10.0 Å². The number of nitrogens with one attached hydrogen (secondary N) is 2. The molecule has 1 heterocycles. The molecule has 1 unspecified atom stereocenters. The van der Waals surface area contributed by atoms with Gasteiger partial charge in [0.15, 0.2) is 0 Å². The molecule has 1 aliphatic heterocycles. The first-order chi connectivity index (χ1) is 10.5. The number of nitrogens with zero attached hydrogens (tertiary/aromatic N) is 1. The molecule has 1 atom stereocenters. The van der Waals surface area contributed by atoms with Gasteiger partial charge in [-0.25, -0.2) is 13.8 Å². The van der Waals surface area contributed by atoms with E-state index in [2.05, 4.69) is 10.3 Å². The fraction of sp³-hybridized carbons (Fsp3) is 0.200. The molecule has 3 rings (SSSR count). The third-order valence-corrected chi connectivity index (χ3v) is 5.11. The van der Waals surface area contributed by atoms with E-state index in [0.717, 1.165) is 12.0 Å². The van der Waals surface area contributed by atoms with Crippen LogP contribution >= 0.6 is 11.6 Å². The smallest absolute Gasteiger partial charge is 0.233 e. The first-order valence-electron chi connectivity index (χ1n) is 6.91. The molecular weight excluding hydrogens is 322 g/mol. The molecule has 1 fully saturated rings. The van der Waals surface area contributed by atoms with Crippen LogP contribution < -0.4 is 10.3 Å². The van der Waals surface area contributed by atoms with Crippen molar-refractivity contribution < 1.29 is 8.42 Å². The van der Waals surface area contributed by atoms with Crippen molar-refractivity contribution in [3.63, 3.8) is 0 Å². The molecule has 2 aromatic carbocycles. The van der Waals surface area contributed by atoms with Crippen LogP contribution in [0.25, 0.3) is 0 Å². The Hall–Kier alpha value is -1.44. The van der Waals surface area contributed by atoms with E-state index in [-0.39, 0.29) is 10.9 Å². The summed E-state index contributed by atoms with van der Waals surface area (Å²) in [5.41, 5.74) is 4.23. The van der Waals surface area contributed by atoms with Crippen molar-refractivity contribution in [2.45, 2.75) is 17.4 Å². The molecule has 2 aromatic rings. The molecule has 7 heteroatoms. The summed E-state index contributed by atoms with van der Waals surface area (Å²) in [6.07, 6.45) is 0.805. The second kappa shape index (κ2) is 6.36. The fourth-order valence-electron chi connectivity index (χ4n) is 2.38. The Labute approximate surface area is 134 Å². The minimum atomic E-state index is -3.56. The molecule has 1 aliphatic rings. The molecule has 5 nitrogen and oxygen atoms in total. The highest BCUT2D eigenvalue weighted by atomic mass is 35.5. The first-order valence-corrected chi connectivity index (χ1v) is 8.77. The average Bonchev–Trinajstić information content (AvgIpc) is 2.97. The highest BCUT2D eigenvalue weighted by molar-refractivity contribution is 7.89. The van der Waals surface area contributed by atoms with Gasteiger partial charge in [0.1, 0.15) is 0 Å². The van der Waals surface area contributed by atoms with Gasteiger partial charge in [0.2, 0.25) is 0 Å². The van der Waals surface area contributed by atoms with Gasteiger partial charge in [-0.3, -0.25) is 0 Å². The number of rotatable bonds is 4. The van der Waals surface area contributed by atoms with Gasteiger partial charge in [-0.05, 0) is 36.2 Å². The second-order valence-corrected chi connectivity index (χ2v) is 7.18. The largest absolute Gasteiger partial charge is 0.254 e. The Balaban J connectivity index is 1.67. The highest BCUT2D eigenvalue weighted by Gasteiger charge is 2.26. The predicted molar refractivity (Wildman–Crippen MR) is 85.4 cm³/mol. The predicted octanol–water partition coefficient (Wildman–Crippen LogP) is 2.48. The lowest BCUT2D eigenvalue weighted by Crippen LogP contribution is -2.46. The number of hydrogen-bond acceptors (Lipinski definition) is 4. The molecule has 1 saturated heterocycles. The Morgan fingerprint density at radius 1 is 1.09 bits per heavy atom. The second-order valence-electron chi connectivity index (χ2n) is 5.08. The van der Waals surface area contributed by atoms with Crippen molar-refractivity contribution in [2.24, 2.45) is 0 Å². The average molecular weight is 338 g/mol. The SMILES string of the molecule is O=S(=O)(NN1CCC(c2ccc(Cl)cc2)N1)c1ccccc1. The van der Waals surface area contributed by atoms with Crippen LogP contribution in [0, 0.1) is 0 Å². The zero-order valence-electron chi connectivity index (χ0n) is 11.7. The molecule has 116 valence electrons. The summed E-state index contributed by atoms with van der Waals surface area (Å²) in [5, 5.41) is 2.20. The van der Waals surface area contributed by atoms with Crippen LogP contribution in [0.3, 0.4) is 0 Å². The third-order valence-electron chi connectivity index (χ3n) is 3.51. The normalized spacial score (nSPS) is 19.4. The fourth-order valence-corrected chi connectivity index (χ4v) is 3.56. The quantitative estimate of drug-likeness (QED) is 0.899. The topological polar surface area (TPSA) is 61.4 Å². The van der Waals surface area contributed by atoms with Gasteiger partial charge in [-0.2, -0.15) is 5.12 Å². The summed E-state index contributed by atoms with van der Waals surface area (Å²) in [4.78, 5) is 2.79. The van der Waals surface area contributed by atoms with Crippen LogP contribution in [-0.4, -0.2) is 20.1 Å². The number of hydrogen-bond donors (Lipinski definition) is 2. The molecule has 0 bridgehead atoms. The van der Waals surface area contributed by atoms with E-state index in [1.807, 2.05) is 24.3 Å². The van der Waals surface area contributed by atoms with E-state index >= 15 is 0 Å². The van der Waals surface area contributed by atoms with Crippen LogP contribution in [0.1, 0.15) is 18.0 Å². The van der Waals surface area contributed by atoms with E-state index in [0.29, 0.717) is 11.6 Å². The van der Waals surface area contributed by atoms with Crippen LogP contribution in [0.2, 0.25) is 5.02 Å². The van der Waals surface area contributed by atoms with Gasteiger partial charge < -0.3 is 0 Å². The number of benzene rings is 2. The lowest BCUT2D eigenvalue weighted by molar-refractivity contribution is 0.203. The number of sulfonamides is 1. The van der Waals surface area contributed by atoms with E-state index in [9.17, 15) is 8.42 Å². The molecule has 0 aromatic heterocycles. The standard InChI is InChI=1S/C15H16ClN3O2S/c16-13-8-6-12(7-9-13)15-10-11-19(17-15)18-22(20,21)14-4-2-1-3-5-14/h1-9,15,17-18H,10-11H2. The van der Waals surface area contributed by atoms with Gasteiger partial charge in [0, 0.05) is 17.6 Å². The minimum Gasteiger partial charge on any atom is -0.233 e. The number of hydrazine groups is 2. The van der Waals surface area contributed by atoms with Crippen molar-refractivity contribution >= 4 is 21.6 Å². The van der Waals surface area contributed by atoms with Gasteiger partial charge >= 0.3 is 0 Å². The summed E-state index contributed by atoms with van der Waals surface area (Å²) in [5.74, 6) is 0. The first kappa shape index (κ1) is 15.5. The van der Waals surface area contributed by atoms with Gasteiger partial charge in [-0.15, -0.1) is 4.83 Å². The summed E-state index contributed by atoms with van der Waals surface area (Å²) in [6, 6.07) is 15.9. The lowest BCUT2D eigenvalue weighted by Gasteiger charge is -2.19. The maximum atomic E-state index is 12.3. The van der Waals surface area contributed by atoms with Crippen LogP contribution in [0.4, 0.5) is 0 Å². The summed E-state index contributed by atoms with van der Waals surface area (Å²) in [7, 11) is -3.56. The summed E-state index contributed by atoms with van der Waals surface area (Å²) in [6.45, 7) is 0.583. The molecule has 0 radical (unpaired) electrons. The Kier molecular flexibility index (Phi) is 4.46. The van der Waals surface area contributed by atoms with Crippen molar-refractivity contribution in [3.8, 4) is 0 Å². The van der Waals surface area contributed by atoms with Crippen molar-refractivity contribution in [3.05, 3.63) is 65.2 Å². The lowest BCUT2D eigenvalue weighted by atomic mass is 10.1. The van der Waals surface area contributed by atoms with Gasteiger partial charge in [0.05, 0.1) is 4.90 Å². The third kappa shape index (κ3) is 3.48. The van der Waals surface area contributed by atoms with E-state index in [1.165, 1.54) is 5.12 Å².